The number of para-hydroxylation sites is 1. The van der Waals surface area contributed by atoms with Crippen molar-refractivity contribution in [1.82, 2.24) is 5.43 Å². The summed E-state index contributed by atoms with van der Waals surface area (Å²) < 4.78 is 18.5. The predicted octanol–water partition coefficient (Wildman–Crippen LogP) is 1.20. The third-order valence-corrected chi connectivity index (χ3v) is 3.90. The summed E-state index contributed by atoms with van der Waals surface area (Å²) in [5.74, 6) is -1.84. The highest BCUT2D eigenvalue weighted by Gasteiger charge is 2.06. The van der Waals surface area contributed by atoms with Crippen molar-refractivity contribution in [2.24, 2.45) is 5.10 Å². The fourth-order valence-corrected chi connectivity index (χ4v) is 2.50. The summed E-state index contributed by atoms with van der Waals surface area (Å²) in [4.78, 5) is 22.6. The Morgan fingerprint density at radius 1 is 1.20 bits per heavy atom. The van der Waals surface area contributed by atoms with Gasteiger partial charge < -0.3 is 14.6 Å². The van der Waals surface area contributed by atoms with Crippen LogP contribution in [-0.4, -0.2) is 30.5 Å². The molecule has 0 aromatic heterocycles. The lowest BCUT2D eigenvalue weighted by atomic mass is 10.2. The lowest BCUT2D eigenvalue weighted by Gasteiger charge is -2.09. The predicted molar refractivity (Wildman–Crippen MR) is 89.8 cm³/mol. The van der Waals surface area contributed by atoms with Crippen LogP contribution in [0.5, 0.6) is 5.75 Å². The first-order valence-corrected chi connectivity index (χ1v) is 8.15. The fraction of sp³-hybridized carbons (Fsp3) is 0.118. The van der Waals surface area contributed by atoms with E-state index in [9.17, 15) is 19.1 Å². The van der Waals surface area contributed by atoms with Crippen molar-refractivity contribution < 1.29 is 23.8 Å². The van der Waals surface area contributed by atoms with Crippen molar-refractivity contribution in [1.29, 1.82) is 0 Å². The van der Waals surface area contributed by atoms with Crippen LogP contribution in [0.2, 0.25) is 0 Å². The molecule has 2 rings (SSSR count). The highest BCUT2D eigenvalue weighted by Crippen LogP contribution is 2.20. The van der Waals surface area contributed by atoms with Crippen molar-refractivity contribution in [2.45, 2.75) is 4.90 Å². The number of carbonyl (C=O) groups excluding carboxylic acids is 2. The molecule has 6 nitrogen and oxygen atoms in total. The van der Waals surface area contributed by atoms with E-state index in [0.29, 0.717) is 16.2 Å². The molecule has 1 amide bonds. The van der Waals surface area contributed by atoms with E-state index in [1.165, 1.54) is 12.3 Å². The average molecular weight is 361 g/mol. The van der Waals surface area contributed by atoms with Gasteiger partial charge in [-0.15, -0.1) is 11.8 Å². The van der Waals surface area contributed by atoms with Gasteiger partial charge in [0.05, 0.1) is 17.9 Å². The second-order valence-corrected chi connectivity index (χ2v) is 5.73. The molecule has 0 aliphatic heterocycles. The number of aliphatic carboxylic acids is 1. The van der Waals surface area contributed by atoms with Crippen molar-refractivity contribution in [2.75, 3.05) is 12.4 Å². The van der Waals surface area contributed by atoms with E-state index in [0.717, 1.165) is 11.8 Å². The van der Waals surface area contributed by atoms with Gasteiger partial charge in [0, 0.05) is 10.5 Å². The zero-order valence-corrected chi connectivity index (χ0v) is 13.8. The molecule has 2 aromatic rings. The zero-order valence-electron chi connectivity index (χ0n) is 13.0. The van der Waals surface area contributed by atoms with E-state index in [2.05, 4.69) is 10.5 Å². The molecule has 0 spiro atoms. The van der Waals surface area contributed by atoms with Gasteiger partial charge in [-0.1, -0.05) is 24.3 Å². The molecular weight excluding hydrogens is 347 g/mol. The largest absolute Gasteiger partial charge is 0.546 e. The Morgan fingerprint density at radius 3 is 2.68 bits per heavy atom. The van der Waals surface area contributed by atoms with Crippen LogP contribution < -0.4 is 15.3 Å². The summed E-state index contributed by atoms with van der Waals surface area (Å²) in [5.41, 5.74) is 2.81. The minimum absolute atomic E-state index is 0.00110. The van der Waals surface area contributed by atoms with Gasteiger partial charge in [0.15, 0.2) is 0 Å². The summed E-state index contributed by atoms with van der Waals surface area (Å²) in [6.45, 7) is -0.587. The maximum atomic E-state index is 13.4. The second kappa shape index (κ2) is 9.43. The van der Waals surface area contributed by atoms with Gasteiger partial charge in [-0.2, -0.15) is 5.10 Å². The number of rotatable bonds is 8. The quantitative estimate of drug-likeness (QED) is 0.433. The number of carboxylic acid groups (broad SMARTS) is 1. The normalized spacial score (nSPS) is 10.6. The topological polar surface area (TPSA) is 90.8 Å². The zero-order chi connectivity index (χ0) is 18.1. The van der Waals surface area contributed by atoms with Crippen molar-refractivity contribution in [3.8, 4) is 5.75 Å². The van der Waals surface area contributed by atoms with E-state index in [4.69, 9.17) is 4.74 Å². The maximum Gasteiger partial charge on any atom is 0.250 e. The molecular formula is C17H14FN2O4S-. The third-order valence-electron chi connectivity index (χ3n) is 2.85. The number of hydrogen-bond donors (Lipinski definition) is 1. The van der Waals surface area contributed by atoms with Gasteiger partial charge in [-0.25, -0.2) is 9.82 Å². The number of thioether (sulfide) groups is 1. The van der Waals surface area contributed by atoms with Crippen LogP contribution >= 0.6 is 11.8 Å². The number of benzene rings is 2. The summed E-state index contributed by atoms with van der Waals surface area (Å²) in [7, 11) is 0. The molecule has 0 bridgehead atoms. The molecule has 0 unspecified atom stereocenters. The summed E-state index contributed by atoms with van der Waals surface area (Å²) in [6, 6.07) is 12.8. The van der Waals surface area contributed by atoms with Crippen molar-refractivity contribution in [3.05, 3.63) is 59.9 Å². The molecule has 130 valence electrons. The summed E-state index contributed by atoms with van der Waals surface area (Å²) in [5, 5.41) is 14.2. The number of ether oxygens (including phenoxy) is 1. The van der Waals surface area contributed by atoms with E-state index < -0.39 is 18.5 Å². The molecule has 0 atom stereocenters. The van der Waals surface area contributed by atoms with Gasteiger partial charge in [-0.05, 0) is 24.3 Å². The molecule has 8 heteroatoms. The van der Waals surface area contributed by atoms with Crippen LogP contribution in [-0.2, 0) is 9.59 Å². The molecule has 25 heavy (non-hydrogen) atoms. The molecule has 0 aliphatic carbocycles. The standard InChI is InChI=1S/C17H15FN2O4S/c18-13-6-2-4-8-15(13)25-11-16(21)20-19-9-12-5-1-3-7-14(12)24-10-17(22)23/h1-9H,10-11H2,(H,20,21)(H,22,23)/p-1/b19-9-. The Bertz CT molecular complexity index is 783. The van der Waals surface area contributed by atoms with Gasteiger partial charge in [-0.3, -0.25) is 4.79 Å². The molecule has 0 aliphatic rings. The second-order valence-electron chi connectivity index (χ2n) is 4.71. The van der Waals surface area contributed by atoms with E-state index in [-0.39, 0.29) is 11.6 Å². The van der Waals surface area contributed by atoms with Crippen LogP contribution in [0.4, 0.5) is 4.39 Å². The van der Waals surface area contributed by atoms with Crippen LogP contribution in [0.25, 0.3) is 0 Å². The van der Waals surface area contributed by atoms with Crippen LogP contribution in [0.3, 0.4) is 0 Å². The highest BCUT2D eigenvalue weighted by atomic mass is 32.2. The average Bonchev–Trinajstić information content (AvgIpc) is 2.60. The van der Waals surface area contributed by atoms with Crippen molar-refractivity contribution >= 4 is 29.9 Å². The molecule has 0 heterocycles. The van der Waals surface area contributed by atoms with E-state index >= 15 is 0 Å². The van der Waals surface area contributed by atoms with Gasteiger partial charge >= 0.3 is 0 Å². The first-order chi connectivity index (χ1) is 12.1. The number of hydrazone groups is 1. The first-order valence-electron chi connectivity index (χ1n) is 7.17. The first kappa shape index (κ1) is 18.5. The fourth-order valence-electron chi connectivity index (χ4n) is 1.77. The van der Waals surface area contributed by atoms with Crippen molar-refractivity contribution in [3.63, 3.8) is 0 Å². The third kappa shape index (κ3) is 6.27. The van der Waals surface area contributed by atoms with E-state index in [1.54, 1.807) is 42.5 Å². The smallest absolute Gasteiger partial charge is 0.250 e. The van der Waals surface area contributed by atoms with Gasteiger partial charge in [0.1, 0.15) is 18.2 Å². The summed E-state index contributed by atoms with van der Waals surface area (Å²) in [6.07, 6.45) is 1.33. The molecule has 0 fully saturated rings. The molecule has 0 saturated heterocycles. The number of nitrogens with zero attached hydrogens (tertiary/aromatic N) is 1. The van der Waals surface area contributed by atoms with Gasteiger partial charge in [0.25, 0.3) is 0 Å². The SMILES string of the molecule is O=C([O-])COc1ccccc1/C=N\NC(=O)CSc1ccccc1F. The number of carboxylic acids is 1. The summed E-state index contributed by atoms with van der Waals surface area (Å²) >= 11 is 1.06. The Hall–Kier alpha value is -2.87. The minimum atomic E-state index is -1.34. The Kier molecular flexibility index (Phi) is 6.97. The van der Waals surface area contributed by atoms with Crippen LogP contribution in [0.1, 0.15) is 5.56 Å². The lowest BCUT2D eigenvalue weighted by Crippen LogP contribution is -2.29. The van der Waals surface area contributed by atoms with Gasteiger partial charge in [0.2, 0.25) is 5.91 Å². The van der Waals surface area contributed by atoms with Crippen LogP contribution in [0.15, 0.2) is 58.5 Å². The number of carbonyl (C=O) groups is 2. The molecule has 2 aromatic carbocycles. The Morgan fingerprint density at radius 2 is 1.92 bits per heavy atom. The molecule has 0 radical (unpaired) electrons. The Balaban J connectivity index is 1.87. The number of nitrogens with one attached hydrogen (secondary N) is 1. The Labute approximate surface area is 147 Å². The van der Waals surface area contributed by atoms with Crippen LogP contribution in [0, 0.1) is 5.82 Å². The maximum absolute atomic E-state index is 13.4. The number of amides is 1. The number of hydrogen-bond acceptors (Lipinski definition) is 6. The minimum Gasteiger partial charge on any atom is -0.546 e. The molecule has 0 saturated carbocycles. The molecule has 1 N–H and O–H groups in total. The lowest BCUT2D eigenvalue weighted by molar-refractivity contribution is -0.307. The highest BCUT2D eigenvalue weighted by molar-refractivity contribution is 8.00. The number of halogens is 1. The monoisotopic (exact) mass is 361 g/mol. The van der Waals surface area contributed by atoms with E-state index in [1.807, 2.05) is 0 Å².